The maximum Gasteiger partial charge on any atom is 0.225 e. The van der Waals surface area contributed by atoms with E-state index in [1.54, 1.807) is 25.3 Å². The molecule has 6 heteroatoms. The van der Waals surface area contributed by atoms with Gasteiger partial charge >= 0.3 is 0 Å². The number of aromatic nitrogens is 3. The van der Waals surface area contributed by atoms with Crippen molar-refractivity contribution in [2.24, 2.45) is 0 Å². The Balaban J connectivity index is 1.97. The molecule has 1 atom stereocenters. The fourth-order valence-electron chi connectivity index (χ4n) is 2.41. The number of rotatable bonds is 6. The van der Waals surface area contributed by atoms with Crippen molar-refractivity contribution in [2.45, 2.75) is 33.2 Å². The van der Waals surface area contributed by atoms with Crippen molar-refractivity contribution in [3.05, 3.63) is 60.0 Å². The third kappa shape index (κ3) is 4.33. The van der Waals surface area contributed by atoms with E-state index < -0.39 is 0 Å². The van der Waals surface area contributed by atoms with E-state index in [0.717, 1.165) is 17.8 Å². The summed E-state index contributed by atoms with van der Waals surface area (Å²) in [6, 6.07) is 12.6. The predicted molar refractivity (Wildman–Crippen MR) is 103 cm³/mol. The molecule has 0 aliphatic heterocycles. The Labute approximate surface area is 152 Å². The third-order valence-electron chi connectivity index (χ3n) is 4.07. The first-order valence-electron chi connectivity index (χ1n) is 8.65. The summed E-state index contributed by atoms with van der Waals surface area (Å²) in [5, 5.41) is 6.53. The first kappa shape index (κ1) is 17.8. The molecule has 134 valence electrons. The molecule has 0 aliphatic rings. The molecular weight excluding hydrogens is 329 g/mol. The molecule has 0 fully saturated rings. The van der Waals surface area contributed by atoms with Gasteiger partial charge in [0.25, 0.3) is 0 Å². The van der Waals surface area contributed by atoms with Crippen LogP contribution in [0.5, 0.6) is 0 Å². The van der Waals surface area contributed by atoms with Gasteiger partial charge in [0.05, 0.1) is 11.4 Å². The van der Waals surface area contributed by atoms with Crippen molar-refractivity contribution < 1.29 is 4.39 Å². The number of nitrogens with zero attached hydrogens (tertiary/aromatic N) is 3. The zero-order valence-electron chi connectivity index (χ0n) is 15.1. The second-order valence-electron chi connectivity index (χ2n) is 6.22. The lowest BCUT2D eigenvalue weighted by Gasteiger charge is -2.14. The van der Waals surface area contributed by atoms with Crippen LogP contribution in [0, 0.1) is 12.7 Å². The van der Waals surface area contributed by atoms with Gasteiger partial charge in [0.15, 0.2) is 0 Å². The Morgan fingerprint density at radius 2 is 1.92 bits per heavy atom. The zero-order valence-corrected chi connectivity index (χ0v) is 15.1. The summed E-state index contributed by atoms with van der Waals surface area (Å²) in [6.07, 6.45) is 2.69. The number of aryl methyl sites for hydroxylation is 1. The lowest BCUT2D eigenvalue weighted by molar-refractivity contribution is 0.619. The van der Waals surface area contributed by atoms with E-state index in [2.05, 4.69) is 39.4 Å². The molecule has 3 rings (SSSR count). The monoisotopic (exact) mass is 351 g/mol. The molecule has 0 unspecified atom stereocenters. The quantitative estimate of drug-likeness (QED) is 0.658. The molecule has 5 nitrogen and oxygen atoms in total. The van der Waals surface area contributed by atoms with Crippen LogP contribution in [0.4, 0.5) is 21.8 Å². The van der Waals surface area contributed by atoms with E-state index in [-0.39, 0.29) is 11.9 Å². The van der Waals surface area contributed by atoms with E-state index in [1.807, 2.05) is 24.3 Å². The molecule has 0 aliphatic carbocycles. The highest BCUT2D eigenvalue weighted by atomic mass is 19.1. The Kier molecular flexibility index (Phi) is 5.41. The van der Waals surface area contributed by atoms with Crippen molar-refractivity contribution in [2.75, 3.05) is 10.6 Å². The highest BCUT2D eigenvalue weighted by Crippen LogP contribution is 2.23. The number of benzene rings is 1. The van der Waals surface area contributed by atoms with E-state index in [9.17, 15) is 4.39 Å². The van der Waals surface area contributed by atoms with Crippen LogP contribution in [0.1, 0.15) is 25.8 Å². The minimum Gasteiger partial charge on any atom is -0.352 e. The minimum atomic E-state index is -0.230. The van der Waals surface area contributed by atoms with Crippen molar-refractivity contribution in [3.63, 3.8) is 0 Å². The average molecular weight is 351 g/mol. The molecule has 0 saturated heterocycles. The number of pyridine rings is 1. The highest BCUT2D eigenvalue weighted by Gasteiger charge is 2.10. The number of hydrogen-bond donors (Lipinski definition) is 2. The maximum atomic E-state index is 13.5. The fraction of sp³-hybridized carbons (Fsp3) is 0.250. The number of anilines is 3. The topological polar surface area (TPSA) is 62.7 Å². The van der Waals surface area contributed by atoms with Gasteiger partial charge in [-0.15, -0.1) is 0 Å². The van der Waals surface area contributed by atoms with Gasteiger partial charge in [-0.3, -0.25) is 4.98 Å². The standard InChI is InChI=1S/C20H22FN5/c1-4-14(3)23-20-25-18(17-7-5-6-10-22-17)12-19(26-20)24-15-8-9-16(21)13(2)11-15/h5-12,14H,4H2,1-3H3,(H2,23,24,25,26)/t14-/m0/s1. The summed E-state index contributed by atoms with van der Waals surface area (Å²) in [7, 11) is 0. The molecule has 3 aromatic rings. The van der Waals surface area contributed by atoms with Gasteiger partial charge in [-0.25, -0.2) is 9.37 Å². The van der Waals surface area contributed by atoms with Gasteiger partial charge in [0, 0.05) is 24.0 Å². The van der Waals surface area contributed by atoms with Crippen LogP contribution >= 0.6 is 0 Å². The maximum absolute atomic E-state index is 13.5. The van der Waals surface area contributed by atoms with Crippen LogP contribution in [0.2, 0.25) is 0 Å². The Hall–Kier alpha value is -3.02. The molecule has 2 aromatic heterocycles. The Morgan fingerprint density at radius 3 is 2.62 bits per heavy atom. The highest BCUT2D eigenvalue weighted by molar-refractivity contribution is 5.65. The number of halogens is 1. The summed E-state index contributed by atoms with van der Waals surface area (Å²) >= 11 is 0. The van der Waals surface area contributed by atoms with E-state index in [1.165, 1.54) is 6.07 Å². The minimum absolute atomic E-state index is 0.230. The smallest absolute Gasteiger partial charge is 0.225 e. The largest absolute Gasteiger partial charge is 0.352 e. The lowest BCUT2D eigenvalue weighted by Crippen LogP contribution is -2.16. The van der Waals surface area contributed by atoms with Gasteiger partial charge in [-0.2, -0.15) is 4.98 Å². The molecule has 0 radical (unpaired) electrons. The van der Waals surface area contributed by atoms with Crippen molar-refractivity contribution >= 4 is 17.5 Å². The molecule has 2 heterocycles. The summed E-state index contributed by atoms with van der Waals surface area (Å²) in [5.41, 5.74) is 2.82. The summed E-state index contributed by atoms with van der Waals surface area (Å²) in [4.78, 5) is 13.5. The zero-order chi connectivity index (χ0) is 18.5. The number of hydrogen-bond acceptors (Lipinski definition) is 5. The van der Waals surface area contributed by atoms with Crippen LogP contribution < -0.4 is 10.6 Å². The van der Waals surface area contributed by atoms with Gasteiger partial charge in [0.2, 0.25) is 5.95 Å². The van der Waals surface area contributed by atoms with E-state index in [4.69, 9.17) is 0 Å². The molecule has 0 amide bonds. The Bertz CT molecular complexity index is 883. The summed E-state index contributed by atoms with van der Waals surface area (Å²) in [5.74, 6) is 0.924. The van der Waals surface area contributed by atoms with Gasteiger partial charge in [0.1, 0.15) is 11.6 Å². The Morgan fingerprint density at radius 1 is 1.08 bits per heavy atom. The molecule has 26 heavy (non-hydrogen) atoms. The van der Waals surface area contributed by atoms with E-state index >= 15 is 0 Å². The summed E-state index contributed by atoms with van der Waals surface area (Å²) < 4.78 is 13.5. The van der Waals surface area contributed by atoms with E-state index in [0.29, 0.717) is 23.0 Å². The molecule has 0 saturated carbocycles. The van der Waals surface area contributed by atoms with Gasteiger partial charge < -0.3 is 10.6 Å². The van der Waals surface area contributed by atoms with Crippen LogP contribution in [-0.2, 0) is 0 Å². The SMILES string of the molecule is CC[C@H](C)Nc1nc(Nc2ccc(F)c(C)c2)cc(-c2ccccn2)n1. The first-order chi connectivity index (χ1) is 12.5. The molecule has 0 spiro atoms. The van der Waals surface area contributed by atoms with Crippen LogP contribution in [0.25, 0.3) is 11.4 Å². The van der Waals surface area contributed by atoms with Crippen LogP contribution in [-0.4, -0.2) is 21.0 Å². The lowest BCUT2D eigenvalue weighted by atomic mass is 10.2. The van der Waals surface area contributed by atoms with Crippen LogP contribution in [0.3, 0.4) is 0 Å². The van der Waals surface area contributed by atoms with Crippen molar-refractivity contribution in [3.8, 4) is 11.4 Å². The predicted octanol–water partition coefficient (Wildman–Crippen LogP) is 4.94. The first-order valence-corrected chi connectivity index (χ1v) is 8.65. The van der Waals surface area contributed by atoms with Gasteiger partial charge in [-0.1, -0.05) is 13.0 Å². The van der Waals surface area contributed by atoms with Crippen molar-refractivity contribution in [1.29, 1.82) is 0 Å². The third-order valence-corrected chi connectivity index (χ3v) is 4.07. The number of nitrogens with one attached hydrogen (secondary N) is 2. The molecule has 2 N–H and O–H groups in total. The summed E-state index contributed by atoms with van der Waals surface area (Å²) in [6.45, 7) is 5.91. The normalized spacial score (nSPS) is 11.8. The van der Waals surface area contributed by atoms with Crippen molar-refractivity contribution in [1.82, 2.24) is 15.0 Å². The average Bonchev–Trinajstić information content (AvgIpc) is 2.65. The second kappa shape index (κ2) is 7.91. The molecule has 1 aromatic carbocycles. The fourth-order valence-corrected chi connectivity index (χ4v) is 2.41. The van der Waals surface area contributed by atoms with Crippen LogP contribution in [0.15, 0.2) is 48.7 Å². The van der Waals surface area contributed by atoms with Gasteiger partial charge in [-0.05, 0) is 56.2 Å². The molecular formula is C20H22FN5. The molecule has 0 bridgehead atoms. The second-order valence-corrected chi connectivity index (χ2v) is 6.22.